The number of hydrogen-bond acceptors (Lipinski definition) is 5. The van der Waals surface area contributed by atoms with Crippen LogP contribution in [-0.4, -0.2) is 20.5 Å². The highest BCUT2D eigenvalue weighted by Gasteiger charge is 2.24. The van der Waals surface area contributed by atoms with Crippen LogP contribution in [0, 0.1) is 5.82 Å². The summed E-state index contributed by atoms with van der Waals surface area (Å²) in [4.78, 5) is 20.6. The standard InChI is InChI=1S/C22H18F3N3O3/c1-13(21-27-16-4-2-3-5-17(16)28(21)22(24)25)30-20(29)11-10-19-26-12-18(31-19)14-6-8-15(23)9-7-14/h2-9,12-13,22H,10-11H2,1H3. The first-order chi connectivity index (χ1) is 14.9. The Morgan fingerprint density at radius 2 is 1.90 bits per heavy atom. The topological polar surface area (TPSA) is 70.2 Å². The molecule has 0 N–H and O–H groups in total. The minimum atomic E-state index is -2.82. The number of carbonyl (C=O) groups excluding carboxylic acids is 1. The predicted molar refractivity (Wildman–Crippen MR) is 106 cm³/mol. The number of nitrogens with zero attached hydrogens (tertiary/aromatic N) is 3. The minimum Gasteiger partial charge on any atom is -0.454 e. The van der Waals surface area contributed by atoms with Gasteiger partial charge in [-0.15, -0.1) is 0 Å². The van der Waals surface area contributed by atoms with Gasteiger partial charge in [0, 0.05) is 12.0 Å². The molecule has 0 radical (unpaired) electrons. The molecule has 160 valence electrons. The molecular formula is C22H18F3N3O3. The summed E-state index contributed by atoms with van der Waals surface area (Å²) in [6.07, 6.45) is 0.635. The minimum absolute atomic E-state index is 0.0285. The van der Waals surface area contributed by atoms with E-state index in [4.69, 9.17) is 9.15 Å². The molecule has 0 aliphatic rings. The number of benzene rings is 2. The maximum absolute atomic E-state index is 13.6. The summed E-state index contributed by atoms with van der Waals surface area (Å²) >= 11 is 0. The lowest BCUT2D eigenvalue weighted by atomic mass is 10.2. The lowest BCUT2D eigenvalue weighted by Crippen LogP contribution is -2.15. The number of hydrogen-bond donors (Lipinski definition) is 0. The van der Waals surface area contributed by atoms with E-state index in [-0.39, 0.29) is 30.0 Å². The van der Waals surface area contributed by atoms with Gasteiger partial charge in [-0.1, -0.05) is 12.1 Å². The Balaban J connectivity index is 1.40. The third-order valence-electron chi connectivity index (χ3n) is 4.72. The number of ether oxygens (including phenoxy) is 1. The number of fused-ring (bicyclic) bond motifs is 1. The zero-order chi connectivity index (χ0) is 22.0. The SMILES string of the molecule is CC(OC(=O)CCc1ncc(-c2ccc(F)cc2)o1)c1nc2ccccc2n1C(F)F. The van der Waals surface area contributed by atoms with Gasteiger partial charge in [-0.05, 0) is 43.3 Å². The molecule has 0 saturated heterocycles. The normalized spacial score (nSPS) is 12.4. The first-order valence-electron chi connectivity index (χ1n) is 9.57. The predicted octanol–water partition coefficient (Wildman–Crippen LogP) is 5.46. The van der Waals surface area contributed by atoms with Crippen molar-refractivity contribution in [2.45, 2.75) is 32.4 Å². The molecule has 4 rings (SSSR count). The number of oxazole rings is 1. The fourth-order valence-electron chi connectivity index (χ4n) is 3.25. The zero-order valence-electron chi connectivity index (χ0n) is 16.5. The van der Waals surface area contributed by atoms with Crippen LogP contribution in [0.2, 0.25) is 0 Å². The van der Waals surface area contributed by atoms with E-state index in [9.17, 15) is 18.0 Å². The van der Waals surface area contributed by atoms with Crippen molar-refractivity contribution >= 4 is 17.0 Å². The van der Waals surface area contributed by atoms with Crippen LogP contribution in [0.4, 0.5) is 13.2 Å². The molecule has 0 aliphatic heterocycles. The van der Waals surface area contributed by atoms with Crippen molar-refractivity contribution in [2.24, 2.45) is 0 Å². The summed E-state index contributed by atoms with van der Waals surface area (Å²) in [6.45, 7) is -1.32. The molecule has 0 spiro atoms. The Morgan fingerprint density at radius 1 is 1.16 bits per heavy atom. The Kier molecular flexibility index (Phi) is 5.75. The maximum atomic E-state index is 13.6. The lowest BCUT2D eigenvalue weighted by Gasteiger charge is -2.15. The summed E-state index contributed by atoms with van der Waals surface area (Å²) < 4.78 is 51.8. The van der Waals surface area contributed by atoms with Crippen LogP contribution in [-0.2, 0) is 16.0 Å². The number of imidazole rings is 1. The first-order valence-corrected chi connectivity index (χ1v) is 9.57. The number of esters is 1. The van der Waals surface area contributed by atoms with Crippen LogP contribution in [0.3, 0.4) is 0 Å². The van der Waals surface area contributed by atoms with E-state index in [0.29, 0.717) is 22.7 Å². The Morgan fingerprint density at radius 3 is 2.65 bits per heavy atom. The molecule has 1 atom stereocenters. The van der Waals surface area contributed by atoms with Crippen LogP contribution < -0.4 is 0 Å². The third-order valence-corrected chi connectivity index (χ3v) is 4.72. The second-order valence-electron chi connectivity index (χ2n) is 6.86. The summed E-state index contributed by atoms with van der Waals surface area (Å²) in [5, 5.41) is 0. The Hall–Kier alpha value is -3.62. The van der Waals surface area contributed by atoms with E-state index in [2.05, 4.69) is 9.97 Å². The van der Waals surface area contributed by atoms with E-state index in [1.165, 1.54) is 31.3 Å². The number of para-hydroxylation sites is 2. The number of rotatable bonds is 7. The number of aromatic nitrogens is 3. The fraction of sp³-hybridized carbons (Fsp3) is 0.227. The van der Waals surface area contributed by atoms with Gasteiger partial charge in [0.25, 0.3) is 0 Å². The highest BCUT2D eigenvalue weighted by molar-refractivity contribution is 5.76. The van der Waals surface area contributed by atoms with Gasteiger partial charge in [0.2, 0.25) is 0 Å². The maximum Gasteiger partial charge on any atom is 0.320 e. The molecule has 6 nitrogen and oxygen atoms in total. The van der Waals surface area contributed by atoms with E-state index < -0.39 is 18.6 Å². The Labute approximate surface area is 175 Å². The average Bonchev–Trinajstić information content (AvgIpc) is 3.37. The van der Waals surface area contributed by atoms with Crippen LogP contribution >= 0.6 is 0 Å². The van der Waals surface area contributed by atoms with Gasteiger partial charge < -0.3 is 9.15 Å². The molecule has 2 aromatic heterocycles. The molecular weight excluding hydrogens is 411 g/mol. The highest BCUT2D eigenvalue weighted by Crippen LogP contribution is 2.28. The monoisotopic (exact) mass is 429 g/mol. The summed E-state index contributed by atoms with van der Waals surface area (Å²) in [5.74, 6) is -0.229. The van der Waals surface area contributed by atoms with E-state index >= 15 is 0 Å². The van der Waals surface area contributed by atoms with Crippen molar-refractivity contribution < 1.29 is 27.1 Å². The first kappa shape index (κ1) is 20.6. The van der Waals surface area contributed by atoms with Crippen LogP contribution in [0.1, 0.15) is 37.7 Å². The zero-order valence-corrected chi connectivity index (χ0v) is 16.5. The van der Waals surface area contributed by atoms with Crippen LogP contribution in [0.25, 0.3) is 22.4 Å². The summed E-state index contributed by atoms with van der Waals surface area (Å²) in [5.41, 5.74) is 1.32. The van der Waals surface area contributed by atoms with E-state index in [1.807, 2.05) is 0 Å². The van der Waals surface area contributed by atoms with Gasteiger partial charge in [-0.3, -0.25) is 9.36 Å². The lowest BCUT2D eigenvalue weighted by molar-refractivity contribution is -0.149. The van der Waals surface area contributed by atoms with Gasteiger partial charge in [0.05, 0.1) is 23.7 Å². The van der Waals surface area contributed by atoms with Crippen molar-refractivity contribution in [3.63, 3.8) is 0 Å². The summed E-state index contributed by atoms with van der Waals surface area (Å²) in [6, 6.07) is 12.2. The fourth-order valence-corrected chi connectivity index (χ4v) is 3.25. The molecule has 0 amide bonds. The van der Waals surface area contributed by atoms with E-state index in [1.54, 1.807) is 30.3 Å². The molecule has 4 aromatic rings. The number of alkyl halides is 2. The smallest absolute Gasteiger partial charge is 0.320 e. The van der Waals surface area contributed by atoms with Gasteiger partial charge in [0.1, 0.15) is 5.82 Å². The third kappa shape index (κ3) is 4.45. The molecule has 0 saturated carbocycles. The molecule has 0 fully saturated rings. The average molecular weight is 429 g/mol. The van der Waals surface area contributed by atoms with Gasteiger partial charge >= 0.3 is 12.5 Å². The Bertz CT molecular complexity index is 1200. The molecule has 0 aliphatic carbocycles. The number of halogens is 3. The van der Waals surface area contributed by atoms with Crippen LogP contribution in [0.5, 0.6) is 0 Å². The largest absolute Gasteiger partial charge is 0.454 e. The number of carbonyl (C=O) groups is 1. The highest BCUT2D eigenvalue weighted by atomic mass is 19.3. The molecule has 31 heavy (non-hydrogen) atoms. The van der Waals surface area contributed by atoms with Crippen molar-refractivity contribution in [2.75, 3.05) is 0 Å². The summed E-state index contributed by atoms with van der Waals surface area (Å²) in [7, 11) is 0. The van der Waals surface area contributed by atoms with Crippen molar-refractivity contribution in [1.29, 1.82) is 0 Å². The van der Waals surface area contributed by atoms with Gasteiger partial charge in [0.15, 0.2) is 23.6 Å². The van der Waals surface area contributed by atoms with Crippen molar-refractivity contribution in [1.82, 2.24) is 14.5 Å². The molecule has 1 unspecified atom stereocenters. The molecule has 2 aromatic carbocycles. The number of aryl methyl sites for hydroxylation is 1. The molecule has 2 heterocycles. The quantitative estimate of drug-likeness (QED) is 0.365. The van der Waals surface area contributed by atoms with Gasteiger partial charge in [-0.2, -0.15) is 8.78 Å². The van der Waals surface area contributed by atoms with Gasteiger partial charge in [-0.25, -0.2) is 14.4 Å². The van der Waals surface area contributed by atoms with Crippen molar-refractivity contribution in [3.8, 4) is 11.3 Å². The molecule has 9 heteroatoms. The van der Waals surface area contributed by atoms with E-state index in [0.717, 1.165) is 4.57 Å². The molecule has 0 bridgehead atoms. The second kappa shape index (κ2) is 8.63. The van der Waals surface area contributed by atoms with Crippen LogP contribution in [0.15, 0.2) is 59.1 Å². The second-order valence-corrected chi connectivity index (χ2v) is 6.86. The van der Waals surface area contributed by atoms with Crippen molar-refractivity contribution in [3.05, 3.63) is 72.3 Å².